The maximum absolute atomic E-state index is 12.4. The van der Waals surface area contributed by atoms with Crippen LogP contribution in [0.25, 0.3) is 17.1 Å². The van der Waals surface area contributed by atoms with Crippen LogP contribution in [0.4, 0.5) is 0 Å². The van der Waals surface area contributed by atoms with E-state index < -0.39 is 0 Å². The molecule has 0 saturated carbocycles. The Bertz CT molecular complexity index is 931. The van der Waals surface area contributed by atoms with Crippen molar-refractivity contribution in [3.63, 3.8) is 0 Å². The molecule has 0 fully saturated rings. The van der Waals surface area contributed by atoms with Crippen LogP contribution in [0, 0.1) is 13.8 Å². The van der Waals surface area contributed by atoms with Gasteiger partial charge in [0.15, 0.2) is 5.82 Å². The summed E-state index contributed by atoms with van der Waals surface area (Å²) < 4.78 is 2.74. The molecule has 134 valence electrons. The van der Waals surface area contributed by atoms with Crippen LogP contribution in [0.1, 0.15) is 35.1 Å². The van der Waals surface area contributed by atoms with Gasteiger partial charge in [0, 0.05) is 16.6 Å². The maximum Gasteiger partial charge on any atom is 0.290 e. The minimum absolute atomic E-state index is 0.178. The standard InChI is InChI=1S/C20H21BrN4O/c1-4-12-22-20(26)18-23-19(15-8-10-16(21)11-9-15)25(24-18)17-7-5-6-13(2)14(17)3/h5-11H,4,12H2,1-3H3,(H,22,26). The molecule has 1 aromatic heterocycles. The predicted molar refractivity (Wildman–Crippen MR) is 107 cm³/mol. The quantitative estimate of drug-likeness (QED) is 0.672. The minimum atomic E-state index is -0.255. The molecule has 6 heteroatoms. The largest absolute Gasteiger partial charge is 0.349 e. The van der Waals surface area contributed by atoms with Crippen molar-refractivity contribution in [2.45, 2.75) is 27.2 Å². The summed E-state index contributed by atoms with van der Waals surface area (Å²) in [6.45, 7) is 6.72. The normalized spacial score (nSPS) is 10.8. The molecule has 1 N–H and O–H groups in total. The molecule has 0 unspecified atom stereocenters. The molecule has 3 rings (SSSR count). The molecule has 0 saturated heterocycles. The third-order valence-corrected chi connectivity index (χ3v) is 4.78. The van der Waals surface area contributed by atoms with Gasteiger partial charge in [-0.25, -0.2) is 9.67 Å². The first kappa shape index (κ1) is 18.3. The fourth-order valence-electron chi connectivity index (χ4n) is 2.64. The summed E-state index contributed by atoms with van der Waals surface area (Å²) in [5, 5.41) is 7.36. The van der Waals surface area contributed by atoms with Crippen LogP contribution in [0.15, 0.2) is 46.9 Å². The van der Waals surface area contributed by atoms with E-state index in [0.29, 0.717) is 12.4 Å². The van der Waals surface area contributed by atoms with E-state index in [9.17, 15) is 4.79 Å². The van der Waals surface area contributed by atoms with Crippen molar-refractivity contribution < 1.29 is 4.79 Å². The highest BCUT2D eigenvalue weighted by molar-refractivity contribution is 9.10. The molecule has 1 heterocycles. The highest BCUT2D eigenvalue weighted by Gasteiger charge is 2.19. The van der Waals surface area contributed by atoms with Crippen LogP contribution < -0.4 is 5.32 Å². The lowest BCUT2D eigenvalue weighted by atomic mass is 10.1. The number of hydrogen-bond acceptors (Lipinski definition) is 3. The molecular weight excluding hydrogens is 392 g/mol. The molecule has 0 radical (unpaired) electrons. The zero-order chi connectivity index (χ0) is 18.7. The molecule has 2 aromatic carbocycles. The van der Waals surface area contributed by atoms with E-state index in [0.717, 1.165) is 33.3 Å². The molecule has 0 aliphatic carbocycles. The zero-order valence-electron chi connectivity index (χ0n) is 15.1. The summed E-state index contributed by atoms with van der Waals surface area (Å²) in [6.07, 6.45) is 0.864. The number of aromatic nitrogens is 3. The van der Waals surface area contributed by atoms with E-state index in [2.05, 4.69) is 51.2 Å². The number of nitrogens with one attached hydrogen (secondary N) is 1. The lowest BCUT2D eigenvalue weighted by Crippen LogP contribution is -2.25. The fraction of sp³-hybridized carbons (Fsp3) is 0.250. The van der Waals surface area contributed by atoms with Gasteiger partial charge >= 0.3 is 0 Å². The molecular formula is C20H21BrN4O. The van der Waals surface area contributed by atoms with Crippen molar-refractivity contribution in [2.75, 3.05) is 6.54 Å². The van der Waals surface area contributed by atoms with Crippen molar-refractivity contribution in [3.8, 4) is 17.1 Å². The van der Waals surface area contributed by atoms with Gasteiger partial charge in [0.1, 0.15) is 0 Å². The van der Waals surface area contributed by atoms with Crippen molar-refractivity contribution in [1.29, 1.82) is 0 Å². The van der Waals surface area contributed by atoms with Crippen LogP contribution in [-0.4, -0.2) is 27.2 Å². The minimum Gasteiger partial charge on any atom is -0.349 e. The van der Waals surface area contributed by atoms with Crippen LogP contribution in [0.5, 0.6) is 0 Å². The molecule has 0 aliphatic heterocycles. The van der Waals surface area contributed by atoms with Crippen LogP contribution in [0.3, 0.4) is 0 Å². The van der Waals surface area contributed by atoms with Gasteiger partial charge in [0.25, 0.3) is 5.91 Å². The second kappa shape index (κ2) is 7.83. The number of carbonyl (C=O) groups is 1. The molecule has 5 nitrogen and oxygen atoms in total. The van der Waals surface area contributed by atoms with Crippen molar-refractivity contribution in [2.24, 2.45) is 0 Å². The molecule has 0 aliphatic rings. The summed E-state index contributed by atoms with van der Waals surface area (Å²) in [6, 6.07) is 13.9. The van der Waals surface area contributed by atoms with Crippen molar-refractivity contribution >= 4 is 21.8 Å². The predicted octanol–water partition coefficient (Wildman–Crippen LogP) is 4.45. The van der Waals surface area contributed by atoms with E-state index >= 15 is 0 Å². The van der Waals surface area contributed by atoms with Gasteiger partial charge in [-0.05, 0) is 49.6 Å². The highest BCUT2D eigenvalue weighted by atomic mass is 79.9. The van der Waals surface area contributed by atoms with Crippen LogP contribution >= 0.6 is 15.9 Å². The number of benzene rings is 2. The number of amides is 1. The fourth-order valence-corrected chi connectivity index (χ4v) is 2.91. The van der Waals surface area contributed by atoms with Gasteiger partial charge in [-0.1, -0.05) is 47.1 Å². The first-order chi connectivity index (χ1) is 12.5. The Kier molecular flexibility index (Phi) is 5.52. The van der Waals surface area contributed by atoms with Gasteiger partial charge in [-0.15, -0.1) is 5.10 Å². The maximum atomic E-state index is 12.4. The van der Waals surface area contributed by atoms with Gasteiger partial charge in [-0.2, -0.15) is 0 Å². The van der Waals surface area contributed by atoms with Crippen LogP contribution in [-0.2, 0) is 0 Å². The average Bonchev–Trinajstić information content (AvgIpc) is 3.08. The molecule has 26 heavy (non-hydrogen) atoms. The van der Waals surface area contributed by atoms with Crippen molar-refractivity contribution in [1.82, 2.24) is 20.1 Å². The summed E-state index contributed by atoms with van der Waals surface area (Å²) in [7, 11) is 0. The Morgan fingerprint density at radius 1 is 1.15 bits per heavy atom. The number of halogens is 1. The second-order valence-electron chi connectivity index (χ2n) is 6.15. The lowest BCUT2D eigenvalue weighted by Gasteiger charge is -2.11. The first-order valence-electron chi connectivity index (χ1n) is 8.59. The smallest absolute Gasteiger partial charge is 0.290 e. The number of hydrogen-bond donors (Lipinski definition) is 1. The number of carbonyl (C=O) groups excluding carboxylic acids is 1. The first-order valence-corrected chi connectivity index (χ1v) is 9.38. The third kappa shape index (κ3) is 3.70. The summed E-state index contributed by atoms with van der Waals surface area (Å²) in [5.41, 5.74) is 4.09. The number of nitrogens with zero attached hydrogens (tertiary/aromatic N) is 3. The van der Waals surface area contributed by atoms with Crippen LogP contribution in [0.2, 0.25) is 0 Å². The molecule has 0 spiro atoms. The zero-order valence-corrected chi connectivity index (χ0v) is 16.7. The molecule has 3 aromatic rings. The van der Waals surface area contributed by atoms with E-state index in [1.165, 1.54) is 0 Å². The monoisotopic (exact) mass is 412 g/mol. The summed E-state index contributed by atoms with van der Waals surface area (Å²) >= 11 is 3.45. The Morgan fingerprint density at radius 3 is 2.58 bits per heavy atom. The summed E-state index contributed by atoms with van der Waals surface area (Å²) in [5.74, 6) is 0.569. The Morgan fingerprint density at radius 2 is 1.88 bits per heavy atom. The van der Waals surface area contributed by atoms with E-state index in [1.807, 2.05) is 43.3 Å². The molecule has 0 bridgehead atoms. The average molecular weight is 413 g/mol. The number of rotatable bonds is 5. The van der Waals surface area contributed by atoms with E-state index in [1.54, 1.807) is 4.68 Å². The van der Waals surface area contributed by atoms with Gasteiger partial charge in [0.2, 0.25) is 5.82 Å². The second-order valence-corrected chi connectivity index (χ2v) is 7.07. The molecule has 0 atom stereocenters. The Hall–Kier alpha value is -2.47. The topological polar surface area (TPSA) is 59.8 Å². The highest BCUT2D eigenvalue weighted by Crippen LogP contribution is 2.25. The van der Waals surface area contributed by atoms with E-state index in [4.69, 9.17) is 0 Å². The molecule has 1 amide bonds. The Balaban J connectivity index is 2.14. The SMILES string of the molecule is CCCNC(=O)c1nc(-c2ccc(Br)cc2)n(-c2cccc(C)c2C)n1. The lowest BCUT2D eigenvalue weighted by molar-refractivity contribution is 0.0943. The van der Waals surface area contributed by atoms with Gasteiger partial charge < -0.3 is 5.32 Å². The van der Waals surface area contributed by atoms with Crippen molar-refractivity contribution in [3.05, 3.63) is 63.9 Å². The van der Waals surface area contributed by atoms with Gasteiger partial charge in [0.05, 0.1) is 5.69 Å². The third-order valence-electron chi connectivity index (χ3n) is 4.25. The van der Waals surface area contributed by atoms with E-state index in [-0.39, 0.29) is 11.7 Å². The Labute approximate surface area is 161 Å². The van der Waals surface area contributed by atoms with Gasteiger partial charge in [-0.3, -0.25) is 4.79 Å². The number of aryl methyl sites for hydroxylation is 1. The summed E-state index contributed by atoms with van der Waals surface area (Å²) in [4.78, 5) is 16.9.